The van der Waals surface area contributed by atoms with E-state index in [1.165, 1.54) is 36.4 Å². The summed E-state index contributed by atoms with van der Waals surface area (Å²) >= 11 is 5.90. The molecular formula is C16H16ClFN2O3S. The summed E-state index contributed by atoms with van der Waals surface area (Å²) in [6.07, 6.45) is -0.218. The van der Waals surface area contributed by atoms with Crippen molar-refractivity contribution in [3.63, 3.8) is 0 Å². The highest BCUT2D eigenvalue weighted by atomic mass is 35.5. The number of nitrogens with two attached hydrogens (primary N) is 1. The van der Waals surface area contributed by atoms with E-state index < -0.39 is 27.8 Å². The minimum atomic E-state index is -3.83. The van der Waals surface area contributed by atoms with Gasteiger partial charge in [-0.2, -0.15) is 0 Å². The molecule has 2 rings (SSSR count). The molecule has 0 fully saturated rings. The summed E-state index contributed by atoms with van der Waals surface area (Å²) in [5.74, 6) is -0.989. The molecule has 0 spiro atoms. The number of carbonyl (C=O) groups excluding carboxylic acids is 1. The predicted molar refractivity (Wildman–Crippen MR) is 89.5 cm³/mol. The molecule has 0 saturated carbocycles. The van der Waals surface area contributed by atoms with Crippen LogP contribution in [-0.4, -0.2) is 14.3 Å². The van der Waals surface area contributed by atoms with E-state index in [2.05, 4.69) is 5.32 Å². The van der Waals surface area contributed by atoms with Gasteiger partial charge in [0.2, 0.25) is 15.9 Å². The van der Waals surface area contributed by atoms with Gasteiger partial charge in [-0.3, -0.25) is 4.79 Å². The maximum Gasteiger partial charge on any atom is 0.238 e. The van der Waals surface area contributed by atoms with Gasteiger partial charge in [0.05, 0.1) is 17.4 Å². The molecule has 8 heteroatoms. The van der Waals surface area contributed by atoms with E-state index in [1.54, 1.807) is 13.0 Å². The van der Waals surface area contributed by atoms with Crippen molar-refractivity contribution in [3.05, 3.63) is 64.4 Å². The van der Waals surface area contributed by atoms with Crippen molar-refractivity contribution in [3.8, 4) is 0 Å². The van der Waals surface area contributed by atoms with Crippen molar-refractivity contribution < 1.29 is 17.6 Å². The Morgan fingerprint density at radius 3 is 2.58 bits per heavy atom. The molecule has 0 bridgehead atoms. The van der Waals surface area contributed by atoms with Gasteiger partial charge < -0.3 is 5.32 Å². The van der Waals surface area contributed by atoms with Crippen molar-refractivity contribution in [1.82, 2.24) is 5.32 Å². The molecule has 128 valence electrons. The number of nitrogens with one attached hydrogen (secondary N) is 1. The summed E-state index contributed by atoms with van der Waals surface area (Å²) in [6.45, 7) is 1.68. The van der Waals surface area contributed by atoms with Crippen molar-refractivity contribution in [2.75, 3.05) is 0 Å². The number of rotatable bonds is 5. The molecule has 0 aromatic heterocycles. The first-order valence-corrected chi connectivity index (χ1v) is 8.96. The van der Waals surface area contributed by atoms with E-state index in [0.29, 0.717) is 5.56 Å². The second kappa shape index (κ2) is 7.29. The van der Waals surface area contributed by atoms with Crippen LogP contribution in [0.1, 0.15) is 24.1 Å². The van der Waals surface area contributed by atoms with Gasteiger partial charge in [0.15, 0.2) is 0 Å². The average Bonchev–Trinajstić information content (AvgIpc) is 2.50. The van der Waals surface area contributed by atoms with Crippen molar-refractivity contribution in [2.24, 2.45) is 5.14 Å². The third kappa shape index (κ3) is 4.53. The Kier molecular flexibility index (Phi) is 5.58. The number of primary sulfonamides is 1. The highest BCUT2D eigenvalue weighted by Crippen LogP contribution is 2.21. The maximum atomic E-state index is 13.7. The Morgan fingerprint density at radius 2 is 1.96 bits per heavy atom. The maximum absolute atomic E-state index is 13.7. The van der Waals surface area contributed by atoms with Gasteiger partial charge in [-0.25, -0.2) is 17.9 Å². The van der Waals surface area contributed by atoms with Gasteiger partial charge in [-0.1, -0.05) is 29.8 Å². The van der Waals surface area contributed by atoms with Crippen LogP contribution in [0.25, 0.3) is 0 Å². The molecule has 1 amide bonds. The first kappa shape index (κ1) is 18.4. The van der Waals surface area contributed by atoms with Crippen LogP contribution in [0.3, 0.4) is 0 Å². The molecule has 0 aliphatic heterocycles. The van der Waals surface area contributed by atoms with Gasteiger partial charge >= 0.3 is 0 Å². The lowest BCUT2D eigenvalue weighted by atomic mass is 10.1. The Labute approximate surface area is 144 Å². The molecule has 0 radical (unpaired) electrons. The lowest BCUT2D eigenvalue weighted by molar-refractivity contribution is -0.121. The average molecular weight is 371 g/mol. The molecular weight excluding hydrogens is 355 g/mol. The van der Waals surface area contributed by atoms with Crippen LogP contribution in [0.15, 0.2) is 47.4 Å². The van der Waals surface area contributed by atoms with E-state index in [9.17, 15) is 17.6 Å². The highest BCUT2D eigenvalue weighted by molar-refractivity contribution is 7.89. The fourth-order valence-corrected chi connectivity index (χ4v) is 3.00. The predicted octanol–water partition coefficient (Wildman–Crippen LogP) is 2.55. The van der Waals surface area contributed by atoms with E-state index in [-0.39, 0.29) is 21.9 Å². The summed E-state index contributed by atoms with van der Waals surface area (Å²) in [6, 6.07) is 9.66. The zero-order valence-corrected chi connectivity index (χ0v) is 14.4. The topological polar surface area (TPSA) is 89.3 Å². The fraction of sp³-hybridized carbons (Fsp3) is 0.188. The van der Waals surface area contributed by atoms with Gasteiger partial charge in [-0.15, -0.1) is 0 Å². The zero-order chi connectivity index (χ0) is 17.9. The summed E-state index contributed by atoms with van der Waals surface area (Å²) < 4.78 is 36.5. The summed E-state index contributed by atoms with van der Waals surface area (Å²) in [4.78, 5) is 12.1. The van der Waals surface area contributed by atoms with E-state index in [4.69, 9.17) is 16.7 Å². The fourth-order valence-electron chi connectivity index (χ4n) is 2.20. The second-order valence-corrected chi connectivity index (χ2v) is 7.25. The van der Waals surface area contributed by atoms with Gasteiger partial charge in [0, 0.05) is 10.6 Å². The number of hydrogen-bond acceptors (Lipinski definition) is 3. The van der Waals surface area contributed by atoms with E-state index in [0.717, 1.165) is 0 Å². The number of benzene rings is 2. The standard InChI is InChI=1S/C16H16ClFN2O3S/c1-10(11-4-2-5-12(8-11)24(19,22)23)20-16(21)9-13-14(17)6-3-7-15(13)18/h2-8,10H,9H2,1H3,(H,20,21)(H2,19,22,23). The molecule has 0 heterocycles. The zero-order valence-electron chi connectivity index (χ0n) is 12.8. The normalized spacial score (nSPS) is 12.7. The second-order valence-electron chi connectivity index (χ2n) is 5.28. The molecule has 2 aromatic rings. The summed E-state index contributed by atoms with van der Waals surface area (Å²) in [5, 5.41) is 7.94. The summed E-state index contributed by atoms with van der Waals surface area (Å²) in [7, 11) is -3.83. The molecule has 2 aromatic carbocycles. The van der Waals surface area contributed by atoms with Crippen molar-refractivity contribution in [1.29, 1.82) is 0 Å². The van der Waals surface area contributed by atoms with Crippen LogP contribution < -0.4 is 10.5 Å². The quantitative estimate of drug-likeness (QED) is 0.847. The number of carbonyl (C=O) groups is 1. The molecule has 24 heavy (non-hydrogen) atoms. The van der Waals surface area contributed by atoms with Gasteiger partial charge in [-0.05, 0) is 36.8 Å². The van der Waals surface area contributed by atoms with Crippen LogP contribution >= 0.6 is 11.6 Å². The molecule has 0 aliphatic carbocycles. The lowest BCUT2D eigenvalue weighted by Gasteiger charge is -2.15. The van der Waals surface area contributed by atoms with Gasteiger partial charge in [0.1, 0.15) is 5.82 Å². The highest BCUT2D eigenvalue weighted by Gasteiger charge is 2.16. The molecule has 0 aliphatic rings. The van der Waals surface area contributed by atoms with Crippen LogP contribution in [0.5, 0.6) is 0 Å². The van der Waals surface area contributed by atoms with Crippen molar-refractivity contribution >= 4 is 27.5 Å². The van der Waals surface area contributed by atoms with Crippen LogP contribution in [0.4, 0.5) is 4.39 Å². The Balaban J connectivity index is 2.12. The van der Waals surface area contributed by atoms with E-state index in [1.807, 2.05) is 0 Å². The number of hydrogen-bond donors (Lipinski definition) is 2. The third-order valence-electron chi connectivity index (χ3n) is 3.46. The molecule has 1 atom stereocenters. The Morgan fingerprint density at radius 1 is 1.29 bits per heavy atom. The Hall–Kier alpha value is -1.96. The van der Waals surface area contributed by atoms with Crippen molar-refractivity contribution in [2.45, 2.75) is 24.3 Å². The smallest absolute Gasteiger partial charge is 0.238 e. The minimum absolute atomic E-state index is 0.0433. The third-order valence-corrected chi connectivity index (χ3v) is 4.73. The number of amides is 1. The molecule has 1 unspecified atom stereocenters. The number of halogens is 2. The minimum Gasteiger partial charge on any atom is -0.349 e. The first-order chi connectivity index (χ1) is 11.2. The first-order valence-electron chi connectivity index (χ1n) is 7.03. The molecule has 0 saturated heterocycles. The molecule has 5 nitrogen and oxygen atoms in total. The number of sulfonamides is 1. The monoisotopic (exact) mass is 370 g/mol. The lowest BCUT2D eigenvalue weighted by Crippen LogP contribution is -2.28. The Bertz CT molecular complexity index is 851. The van der Waals surface area contributed by atoms with Crippen LogP contribution in [0, 0.1) is 5.82 Å². The summed E-state index contributed by atoms with van der Waals surface area (Å²) in [5.41, 5.74) is 0.677. The van der Waals surface area contributed by atoms with Gasteiger partial charge in [0.25, 0.3) is 0 Å². The molecule has 3 N–H and O–H groups in total. The largest absolute Gasteiger partial charge is 0.349 e. The van der Waals surface area contributed by atoms with Crippen LogP contribution in [-0.2, 0) is 21.2 Å². The SMILES string of the molecule is CC(NC(=O)Cc1c(F)cccc1Cl)c1cccc(S(N)(=O)=O)c1. The van der Waals surface area contributed by atoms with E-state index >= 15 is 0 Å². The van der Waals surface area contributed by atoms with Crippen LogP contribution in [0.2, 0.25) is 5.02 Å².